The Hall–Kier alpha value is -1.69. The second-order valence-electron chi connectivity index (χ2n) is 4.85. The lowest BCUT2D eigenvalue weighted by atomic mass is 10.1. The van der Waals surface area contributed by atoms with Crippen LogP contribution in [0.15, 0.2) is 23.2 Å². The van der Waals surface area contributed by atoms with E-state index >= 15 is 0 Å². The molecule has 21 heavy (non-hydrogen) atoms. The topological polar surface area (TPSA) is 59.6 Å². The van der Waals surface area contributed by atoms with Gasteiger partial charge in [-0.2, -0.15) is 0 Å². The van der Waals surface area contributed by atoms with E-state index in [0.29, 0.717) is 29.1 Å². The van der Waals surface area contributed by atoms with Crippen LogP contribution >= 0.6 is 15.9 Å². The lowest BCUT2D eigenvalue weighted by molar-refractivity contribution is 0.252. The summed E-state index contributed by atoms with van der Waals surface area (Å²) in [4.78, 5) is 11.9. The molecule has 5 nitrogen and oxygen atoms in total. The minimum absolute atomic E-state index is 0.148. The van der Waals surface area contributed by atoms with Crippen LogP contribution in [0.1, 0.15) is 19.4 Å². The Morgan fingerprint density at radius 2 is 2.33 bits per heavy atom. The highest BCUT2D eigenvalue weighted by atomic mass is 79.9. The van der Waals surface area contributed by atoms with Gasteiger partial charge in [0.1, 0.15) is 17.6 Å². The predicted octanol–water partition coefficient (Wildman–Crippen LogP) is 3.44. The molecule has 0 aromatic heterocycles. The minimum atomic E-state index is -0.317. The Bertz CT molecular complexity index is 560. The van der Waals surface area contributed by atoms with Crippen molar-refractivity contribution in [1.82, 2.24) is 5.32 Å². The van der Waals surface area contributed by atoms with Crippen LogP contribution in [-0.4, -0.2) is 25.3 Å². The molecule has 114 valence electrons. The second-order valence-corrected chi connectivity index (χ2v) is 5.97. The van der Waals surface area contributed by atoms with Crippen LogP contribution in [0.4, 0.5) is 10.5 Å². The van der Waals surface area contributed by atoms with Gasteiger partial charge in [-0.3, -0.25) is 0 Å². The molecule has 1 atom stereocenters. The van der Waals surface area contributed by atoms with Crippen LogP contribution in [0, 0.1) is 0 Å². The summed E-state index contributed by atoms with van der Waals surface area (Å²) >= 11 is 3.19. The molecule has 0 radical (unpaired) electrons. The Morgan fingerprint density at radius 3 is 3.00 bits per heavy atom. The smallest absolute Gasteiger partial charge is 0.319 e. The van der Waals surface area contributed by atoms with Crippen molar-refractivity contribution in [2.24, 2.45) is 0 Å². The van der Waals surface area contributed by atoms with E-state index < -0.39 is 0 Å². The van der Waals surface area contributed by atoms with Gasteiger partial charge in [0.25, 0.3) is 0 Å². The average molecular weight is 355 g/mol. The molecule has 1 unspecified atom stereocenters. The van der Waals surface area contributed by atoms with Crippen LogP contribution < -0.4 is 20.1 Å². The molecule has 1 aliphatic rings. The number of urea groups is 1. The molecule has 0 saturated heterocycles. The van der Waals surface area contributed by atoms with Crippen LogP contribution in [0.25, 0.3) is 0 Å². The fraction of sp³-hybridized carbons (Fsp3) is 0.400. The van der Waals surface area contributed by atoms with Crippen LogP contribution in [0.3, 0.4) is 0 Å². The molecular formula is C15H19BrN2O3. The zero-order valence-corrected chi connectivity index (χ0v) is 13.7. The molecule has 1 aliphatic heterocycles. The van der Waals surface area contributed by atoms with Crippen molar-refractivity contribution in [3.63, 3.8) is 0 Å². The first kappa shape index (κ1) is 15.7. The summed E-state index contributed by atoms with van der Waals surface area (Å²) in [7, 11) is 0. The van der Waals surface area contributed by atoms with Crippen molar-refractivity contribution in [3.05, 3.63) is 28.8 Å². The van der Waals surface area contributed by atoms with Crippen molar-refractivity contribution < 1.29 is 14.3 Å². The van der Waals surface area contributed by atoms with Gasteiger partial charge in [-0.25, -0.2) is 4.79 Å². The molecule has 2 rings (SSSR count). The third kappa shape index (κ3) is 4.14. The number of fused-ring (bicyclic) bond motifs is 1. The molecule has 1 aromatic rings. The van der Waals surface area contributed by atoms with Gasteiger partial charge in [0.05, 0.1) is 18.8 Å². The van der Waals surface area contributed by atoms with E-state index in [1.165, 1.54) is 0 Å². The molecule has 2 amide bonds. The zero-order valence-electron chi connectivity index (χ0n) is 12.2. The summed E-state index contributed by atoms with van der Waals surface area (Å²) in [6, 6.07) is 3.43. The molecule has 0 saturated carbocycles. The standard InChI is InChI=1S/C15H19BrN2O3/c1-4-20-14-6-11-5-10(3)21-13(11)7-12(14)18-15(19)17-8-9(2)16/h6-7,10H,2,4-5,8H2,1,3H3,(H2,17,18,19). The molecular weight excluding hydrogens is 336 g/mol. The highest BCUT2D eigenvalue weighted by molar-refractivity contribution is 9.11. The van der Waals surface area contributed by atoms with Crippen molar-refractivity contribution in [2.45, 2.75) is 26.4 Å². The number of rotatable bonds is 5. The van der Waals surface area contributed by atoms with Crippen molar-refractivity contribution >= 4 is 27.6 Å². The minimum Gasteiger partial charge on any atom is -0.492 e. The largest absolute Gasteiger partial charge is 0.492 e. The maximum absolute atomic E-state index is 11.9. The van der Waals surface area contributed by atoms with Crippen LogP contribution in [0.2, 0.25) is 0 Å². The van der Waals surface area contributed by atoms with Crippen molar-refractivity contribution in [2.75, 3.05) is 18.5 Å². The third-order valence-electron chi connectivity index (χ3n) is 2.99. The second kappa shape index (κ2) is 6.85. The average Bonchev–Trinajstić information content (AvgIpc) is 2.76. The van der Waals surface area contributed by atoms with E-state index in [0.717, 1.165) is 17.7 Å². The fourth-order valence-corrected chi connectivity index (χ4v) is 2.29. The highest BCUT2D eigenvalue weighted by Gasteiger charge is 2.22. The molecule has 1 heterocycles. The van der Waals surface area contributed by atoms with E-state index in [4.69, 9.17) is 9.47 Å². The van der Waals surface area contributed by atoms with Crippen LogP contribution in [0.5, 0.6) is 11.5 Å². The van der Waals surface area contributed by atoms with Gasteiger partial charge >= 0.3 is 6.03 Å². The van der Waals surface area contributed by atoms with Crippen molar-refractivity contribution in [1.29, 1.82) is 0 Å². The number of carbonyl (C=O) groups excluding carboxylic acids is 1. The molecule has 2 N–H and O–H groups in total. The molecule has 0 aliphatic carbocycles. The Kier molecular flexibility index (Phi) is 5.12. The number of amides is 2. The quantitative estimate of drug-likeness (QED) is 0.851. The third-order valence-corrected chi connectivity index (χ3v) is 3.27. The summed E-state index contributed by atoms with van der Waals surface area (Å²) in [5, 5.41) is 5.46. The molecule has 6 heteroatoms. The van der Waals surface area contributed by atoms with E-state index in [9.17, 15) is 4.79 Å². The summed E-state index contributed by atoms with van der Waals surface area (Å²) in [5.41, 5.74) is 1.70. The van der Waals surface area contributed by atoms with Crippen molar-refractivity contribution in [3.8, 4) is 11.5 Å². The maximum Gasteiger partial charge on any atom is 0.319 e. The Balaban J connectivity index is 2.15. The molecule has 0 spiro atoms. The lowest BCUT2D eigenvalue weighted by Crippen LogP contribution is -2.29. The highest BCUT2D eigenvalue weighted by Crippen LogP contribution is 2.37. The first-order valence-electron chi connectivity index (χ1n) is 6.84. The van der Waals surface area contributed by atoms with E-state index in [1.807, 2.05) is 26.0 Å². The van der Waals surface area contributed by atoms with Gasteiger partial charge in [0.2, 0.25) is 0 Å². The number of anilines is 1. The number of benzene rings is 1. The zero-order chi connectivity index (χ0) is 15.4. The van der Waals surface area contributed by atoms with E-state index in [2.05, 4.69) is 33.1 Å². The predicted molar refractivity (Wildman–Crippen MR) is 86.5 cm³/mol. The number of nitrogens with one attached hydrogen (secondary N) is 2. The number of carbonyl (C=O) groups is 1. The monoisotopic (exact) mass is 354 g/mol. The fourth-order valence-electron chi connectivity index (χ4n) is 2.15. The Morgan fingerprint density at radius 1 is 1.57 bits per heavy atom. The van der Waals surface area contributed by atoms with Gasteiger partial charge in [-0.05, 0) is 19.9 Å². The first-order chi connectivity index (χ1) is 9.99. The number of hydrogen-bond donors (Lipinski definition) is 2. The number of ether oxygens (including phenoxy) is 2. The maximum atomic E-state index is 11.9. The summed E-state index contributed by atoms with van der Waals surface area (Å²) in [5.74, 6) is 1.45. The number of halogens is 1. The normalized spacial score (nSPS) is 15.9. The van der Waals surface area contributed by atoms with Gasteiger partial charge in [0.15, 0.2) is 0 Å². The van der Waals surface area contributed by atoms with Gasteiger partial charge < -0.3 is 20.1 Å². The first-order valence-corrected chi connectivity index (χ1v) is 7.63. The van der Waals surface area contributed by atoms with E-state index in [1.54, 1.807) is 0 Å². The Labute approximate surface area is 132 Å². The van der Waals surface area contributed by atoms with Crippen LogP contribution in [-0.2, 0) is 6.42 Å². The van der Waals surface area contributed by atoms with E-state index in [-0.39, 0.29) is 12.1 Å². The molecule has 0 fully saturated rings. The lowest BCUT2D eigenvalue weighted by Gasteiger charge is -2.14. The molecule has 0 bridgehead atoms. The summed E-state index contributed by atoms with van der Waals surface area (Å²) < 4.78 is 12.0. The van der Waals surface area contributed by atoms with Gasteiger partial charge in [-0.1, -0.05) is 22.5 Å². The van der Waals surface area contributed by atoms with Gasteiger partial charge in [0, 0.05) is 22.5 Å². The SMILES string of the molecule is C=C(Br)CNC(=O)Nc1cc2c(cc1OCC)CC(C)O2. The number of hydrogen-bond acceptors (Lipinski definition) is 3. The van der Waals surface area contributed by atoms with Gasteiger partial charge in [-0.15, -0.1) is 0 Å². The molecule has 1 aromatic carbocycles. The summed E-state index contributed by atoms with van der Waals surface area (Å²) in [6.45, 7) is 8.48. The summed E-state index contributed by atoms with van der Waals surface area (Å²) in [6.07, 6.45) is 1.00.